The molecule has 0 radical (unpaired) electrons. The molecule has 0 atom stereocenters. The van der Waals surface area contributed by atoms with Gasteiger partial charge in [-0.2, -0.15) is 8.78 Å². The Morgan fingerprint density at radius 3 is 2.88 bits per heavy atom. The van der Waals surface area contributed by atoms with Crippen LogP contribution in [0.25, 0.3) is 10.3 Å². The van der Waals surface area contributed by atoms with E-state index in [2.05, 4.69) is 9.97 Å². The van der Waals surface area contributed by atoms with E-state index in [4.69, 9.17) is 4.74 Å². The molecular weight excluding hydrogens is 253 g/mol. The monoisotopic (exact) mass is 262 g/mol. The molecule has 0 saturated carbocycles. The van der Waals surface area contributed by atoms with E-state index in [1.54, 1.807) is 0 Å². The molecule has 0 amide bonds. The largest absolute Gasteiger partial charge is 0.378 e. The zero-order valence-corrected chi connectivity index (χ0v) is 9.73. The van der Waals surface area contributed by atoms with Crippen LogP contribution in [-0.2, 0) is 17.3 Å². The number of alkyl halides is 3. The van der Waals surface area contributed by atoms with Crippen molar-refractivity contribution in [3.8, 4) is 0 Å². The van der Waals surface area contributed by atoms with Crippen LogP contribution in [0, 0.1) is 0 Å². The highest BCUT2D eigenvalue weighted by molar-refractivity contribution is 7.18. The predicted molar refractivity (Wildman–Crippen MR) is 58.0 cm³/mol. The third-order valence-corrected chi connectivity index (χ3v) is 3.10. The summed E-state index contributed by atoms with van der Waals surface area (Å²) in [6, 6.07) is 1.16. The van der Waals surface area contributed by atoms with Crippen LogP contribution in [0.1, 0.15) is 10.6 Å². The summed E-state index contributed by atoms with van der Waals surface area (Å²) in [4.78, 5) is 8.48. The number of nitrogens with zero attached hydrogens (tertiary/aromatic N) is 2. The van der Waals surface area contributed by atoms with Crippen molar-refractivity contribution in [1.29, 1.82) is 0 Å². The van der Waals surface area contributed by atoms with Crippen LogP contribution < -0.4 is 0 Å². The Labute approximate surface area is 99.3 Å². The van der Waals surface area contributed by atoms with Crippen molar-refractivity contribution in [2.24, 2.45) is 0 Å². The number of halogens is 3. The van der Waals surface area contributed by atoms with Gasteiger partial charge in [0.1, 0.15) is 15.4 Å². The third kappa shape index (κ3) is 2.39. The lowest BCUT2D eigenvalue weighted by atomic mass is 10.1. The SMILES string of the molecule is COCc1nc2cc(C(F)(F)CF)cnc2s1. The highest BCUT2D eigenvalue weighted by Crippen LogP contribution is 2.30. The normalized spacial score (nSPS) is 12.2. The molecule has 17 heavy (non-hydrogen) atoms. The van der Waals surface area contributed by atoms with Gasteiger partial charge in [-0.15, -0.1) is 0 Å². The molecule has 2 aromatic rings. The Bertz CT molecular complexity index is 529. The molecule has 2 aromatic heterocycles. The fraction of sp³-hybridized carbons (Fsp3) is 0.400. The number of rotatable bonds is 4. The number of thiazole rings is 1. The summed E-state index contributed by atoms with van der Waals surface area (Å²) >= 11 is 1.26. The van der Waals surface area contributed by atoms with Crippen LogP contribution in [0.4, 0.5) is 13.2 Å². The van der Waals surface area contributed by atoms with Crippen LogP contribution in [0.15, 0.2) is 12.3 Å². The molecule has 2 rings (SSSR count). The van der Waals surface area contributed by atoms with Crippen LogP contribution in [0.2, 0.25) is 0 Å². The maximum atomic E-state index is 13.1. The average Bonchev–Trinajstić information content (AvgIpc) is 2.70. The standard InChI is InChI=1S/C10H9F3N2OS/c1-16-4-8-15-7-2-6(10(12,13)5-11)3-14-9(7)17-8/h2-3H,4-5H2,1H3. The van der Waals surface area contributed by atoms with E-state index >= 15 is 0 Å². The minimum absolute atomic E-state index is 0.301. The number of aromatic nitrogens is 2. The molecule has 0 aliphatic heterocycles. The molecule has 3 nitrogen and oxygen atoms in total. The average molecular weight is 262 g/mol. The van der Waals surface area contributed by atoms with Gasteiger partial charge in [-0.05, 0) is 6.07 Å². The minimum Gasteiger partial charge on any atom is -0.378 e. The van der Waals surface area contributed by atoms with Gasteiger partial charge in [0.2, 0.25) is 0 Å². The number of pyridine rings is 1. The molecule has 0 N–H and O–H groups in total. The van der Waals surface area contributed by atoms with Crippen molar-refractivity contribution < 1.29 is 17.9 Å². The van der Waals surface area contributed by atoms with E-state index in [0.29, 0.717) is 22.0 Å². The van der Waals surface area contributed by atoms with Crippen LogP contribution in [-0.4, -0.2) is 23.8 Å². The summed E-state index contributed by atoms with van der Waals surface area (Å²) < 4.78 is 43.3. The van der Waals surface area contributed by atoms with Crippen molar-refractivity contribution in [3.63, 3.8) is 0 Å². The first kappa shape index (κ1) is 12.3. The van der Waals surface area contributed by atoms with Gasteiger partial charge in [-0.25, -0.2) is 14.4 Å². The van der Waals surface area contributed by atoms with Crippen molar-refractivity contribution in [2.75, 3.05) is 13.8 Å². The van der Waals surface area contributed by atoms with Gasteiger partial charge >= 0.3 is 5.92 Å². The van der Waals surface area contributed by atoms with E-state index in [0.717, 1.165) is 12.3 Å². The number of ether oxygens (including phenoxy) is 1. The number of fused-ring (bicyclic) bond motifs is 1. The van der Waals surface area contributed by atoms with E-state index in [1.165, 1.54) is 18.4 Å². The lowest BCUT2D eigenvalue weighted by molar-refractivity contribution is -0.0282. The van der Waals surface area contributed by atoms with E-state index in [1.807, 2.05) is 0 Å². The van der Waals surface area contributed by atoms with Crippen LogP contribution >= 0.6 is 11.3 Å². The van der Waals surface area contributed by atoms with Gasteiger partial charge in [-0.1, -0.05) is 11.3 Å². The molecule has 0 bridgehead atoms. The first-order valence-electron chi connectivity index (χ1n) is 4.75. The maximum absolute atomic E-state index is 13.1. The second kappa shape index (κ2) is 4.58. The van der Waals surface area contributed by atoms with Crippen LogP contribution in [0.5, 0.6) is 0 Å². The van der Waals surface area contributed by atoms with E-state index in [9.17, 15) is 13.2 Å². The van der Waals surface area contributed by atoms with Gasteiger partial charge in [0.05, 0.1) is 6.61 Å². The van der Waals surface area contributed by atoms with Crippen molar-refractivity contribution in [2.45, 2.75) is 12.5 Å². The topological polar surface area (TPSA) is 35.0 Å². The molecule has 0 aliphatic carbocycles. The summed E-state index contributed by atoms with van der Waals surface area (Å²) in [7, 11) is 1.52. The molecule has 2 heterocycles. The lowest BCUT2D eigenvalue weighted by Gasteiger charge is -2.10. The Hall–Kier alpha value is -1.21. The minimum atomic E-state index is -3.51. The van der Waals surface area contributed by atoms with Crippen molar-refractivity contribution in [1.82, 2.24) is 9.97 Å². The zero-order valence-electron chi connectivity index (χ0n) is 8.91. The molecular formula is C10H9F3N2OS. The van der Waals surface area contributed by atoms with Crippen molar-refractivity contribution >= 4 is 21.7 Å². The molecule has 0 fully saturated rings. The Morgan fingerprint density at radius 1 is 1.47 bits per heavy atom. The highest BCUT2D eigenvalue weighted by atomic mass is 32.1. The Kier molecular flexibility index (Phi) is 3.30. The van der Waals surface area contributed by atoms with Gasteiger partial charge in [0.15, 0.2) is 6.67 Å². The number of hydrogen-bond acceptors (Lipinski definition) is 4. The Balaban J connectivity index is 2.43. The molecule has 0 spiro atoms. The molecule has 92 valence electrons. The van der Waals surface area contributed by atoms with E-state index < -0.39 is 18.2 Å². The highest BCUT2D eigenvalue weighted by Gasteiger charge is 2.32. The first-order chi connectivity index (χ1) is 8.06. The Morgan fingerprint density at radius 2 is 2.24 bits per heavy atom. The van der Waals surface area contributed by atoms with Crippen LogP contribution in [0.3, 0.4) is 0 Å². The van der Waals surface area contributed by atoms with Gasteiger partial charge in [0.25, 0.3) is 0 Å². The maximum Gasteiger partial charge on any atom is 0.302 e. The molecule has 7 heteroatoms. The quantitative estimate of drug-likeness (QED) is 0.849. The van der Waals surface area contributed by atoms with Gasteiger partial charge < -0.3 is 4.74 Å². The van der Waals surface area contributed by atoms with E-state index in [-0.39, 0.29) is 0 Å². The van der Waals surface area contributed by atoms with Gasteiger partial charge in [-0.3, -0.25) is 0 Å². The lowest BCUT2D eigenvalue weighted by Crippen LogP contribution is -2.15. The smallest absolute Gasteiger partial charge is 0.302 e. The van der Waals surface area contributed by atoms with Crippen molar-refractivity contribution in [3.05, 3.63) is 22.8 Å². The number of hydrogen-bond donors (Lipinski definition) is 0. The molecule has 0 aliphatic rings. The number of methoxy groups -OCH3 is 1. The molecule has 0 aromatic carbocycles. The molecule has 0 unspecified atom stereocenters. The molecule has 0 saturated heterocycles. The second-order valence-electron chi connectivity index (χ2n) is 3.43. The first-order valence-corrected chi connectivity index (χ1v) is 5.57. The summed E-state index contributed by atoms with van der Waals surface area (Å²) in [6.07, 6.45) is 0.983. The van der Waals surface area contributed by atoms with Gasteiger partial charge in [0, 0.05) is 18.9 Å². The fourth-order valence-electron chi connectivity index (χ4n) is 1.33. The second-order valence-corrected chi connectivity index (χ2v) is 4.49. The summed E-state index contributed by atoms with van der Waals surface area (Å²) in [5.41, 5.74) is -0.116. The predicted octanol–water partition coefficient (Wildman–Crippen LogP) is 2.90. The third-order valence-electron chi connectivity index (χ3n) is 2.15. The fourth-order valence-corrected chi connectivity index (χ4v) is 2.19. The summed E-state index contributed by atoms with van der Waals surface area (Å²) in [5.74, 6) is -3.51. The summed E-state index contributed by atoms with van der Waals surface area (Å²) in [6.45, 7) is -1.44. The zero-order chi connectivity index (χ0) is 12.5. The summed E-state index contributed by atoms with van der Waals surface area (Å²) in [5, 5.41) is 0.649.